The predicted octanol–water partition coefficient (Wildman–Crippen LogP) is 1.13. The molecule has 8 nitrogen and oxygen atoms in total. The number of nitrogens with one attached hydrogen (secondary N) is 2. The predicted molar refractivity (Wildman–Crippen MR) is 95.3 cm³/mol. The van der Waals surface area contributed by atoms with E-state index in [2.05, 4.69) is 10.0 Å². The number of amides is 1. The summed E-state index contributed by atoms with van der Waals surface area (Å²) in [5.41, 5.74) is 1.25. The van der Waals surface area contributed by atoms with E-state index < -0.39 is 10.2 Å². The van der Waals surface area contributed by atoms with Gasteiger partial charge in [-0.2, -0.15) is 12.7 Å². The van der Waals surface area contributed by atoms with Gasteiger partial charge in [0.2, 0.25) is 0 Å². The lowest BCUT2D eigenvalue weighted by molar-refractivity contribution is 0.0855. The summed E-state index contributed by atoms with van der Waals surface area (Å²) < 4.78 is 38.4. The molecule has 1 amide bonds. The van der Waals surface area contributed by atoms with Gasteiger partial charge in [0.05, 0.1) is 24.5 Å². The zero-order valence-corrected chi connectivity index (χ0v) is 15.8. The van der Waals surface area contributed by atoms with Gasteiger partial charge < -0.3 is 14.8 Å². The fourth-order valence-electron chi connectivity index (χ4n) is 2.48. The molecule has 0 spiro atoms. The van der Waals surface area contributed by atoms with Gasteiger partial charge in [-0.15, -0.1) is 0 Å². The molecule has 1 fully saturated rings. The van der Waals surface area contributed by atoms with Crippen molar-refractivity contribution in [2.24, 2.45) is 0 Å². The number of anilines is 1. The minimum atomic E-state index is -3.67. The second kappa shape index (κ2) is 8.03. The fourth-order valence-corrected chi connectivity index (χ4v) is 3.16. The standard InChI is InChI=1S/C16H25N3O5S/c1-11-8-15(23-4)13(9-14(11)18-25(21,22)19(2)3)16(20)17-10-12-6-5-7-24-12/h8-9,12,18H,5-7,10H2,1-4H3,(H,17,20). The van der Waals surface area contributed by atoms with Crippen LogP contribution in [0.3, 0.4) is 0 Å². The lowest BCUT2D eigenvalue weighted by atomic mass is 10.1. The van der Waals surface area contributed by atoms with E-state index in [-0.39, 0.29) is 17.6 Å². The Balaban J connectivity index is 2.23. The molecule has 1 atom stereocenters. The van der Waals surface area contributed by atoms with Crippen molar-refractivity contribution in [2.45, 2.75) is 25.9 Å². The number of hydrogen-bond acceptors (Lipinski definition) is 5. The van der Waals surface area contributed by atoms with E-state index in [0.29, 0.717) is 30.2 Å². The van der Waals surface area contributed by atoms with Gasteiger partial charge >= 0.3 is 10.2 Å². The average Bonchev–Trinajstić information content (AvgIpc) is 3.07. The second-order valence-electron chi connectivity index (χ2n) is 6.10. The van der Waals surface area contributed by atoms with Crippen molar-refractivity contribution in [3.63, 3.8) is 0 Å². The van der Waals surface area contributed by atoms with Crippen LogP contribution in [0.1, 0.15) is 28.8 Å². The molecule has 0 bridgehead atoms. The number of carbonyl (C=O) groups is 1. The van der Waals surface area contributed by atoms with E-state index in [1.807, 2.05) is 0 Å². The first-order valence-electron chi connectivity index (χ1n) is 8.03. The Morgan fingerprint density at radius 3 is 2.68 bits per heavy atom. The van der Waals surface area contributed by atoms with E-state index in [4.69, 9.17) is 9.47 Å². The molecule has 0 aliphatic carbocycles. The molecular weight excluding hydrogens is 346 g/mol. The van der Waals surface area contributed by atoms with Gasteiger partial charge in [0.25, 0.3) is 5.91 Å². The number of hydrogen-bond donors (Lipinski definition) is 2. The van der Waals surface area contributed by atoms with Crippen LogP contribution in [0.15, 0.2) is 12.1 Å². The molecule has 1 aliphatic heterocycles. The van der Waals surface area contributed by atoms with Crippen LogP contribution in [-0.4, -0.2) is 59.1 Å². The molecule has 2 rings (SSSR count). The third-order valence-electron chi connectivity index (χ3n) is 4.03. The van der Waals surface area contributed by atoms with Gasteiger partial charge in [-0.05, 0) is 37.5 Å². The Labute approximate surface area is 148 Å². The number of methoxy groups -OCH3 is 1. The average molecular weight is 371 g/mol. The van der Waals surface area contributed by atoms with E-state index >= 15 is 0 Å². The molecule has 0 aromatic heterocycles. The van der Waals surface area contributed by atoms with Crippen LogP contribution < -0.4 is 14.8 Å². The van der Waals surface area contributed by atoms with Crippen molar-refractivity contribution >= 4 is 21.8 Å². The zero-order chi connectivity index (χ0) is 18.6. The summed E-state index contributed by atoms with van der Waals surface area (Å²) in [7, 11) is 0.651. The Kier molecular flexibility index (Phi) is 6.26. The zero-order valence-electron chi connectivity index (χ0n) is 15.0. The van der Waals surface area contributed by atoms with E-state index in [0.717, 1.165) is 17.1 Å². The smallest absolute Gasteiger partial charge is 0.301 e. The van der Waals surface area contributed by atoms with Crippen LogP contribution in [0.4, 0.5) is 5.69 Å². The molecule has 2 N–H and O–H groups in total. The maximum Gasteiger partial charge on any atom is 0.301 e. The number of nitrogens with zero attached hydrogens (tertiary/aromatic N) is 1. The fraction of sp³-hybridized carbons (Fsp3) is 0.562. The number of benzene rings is 1. The Morgan fingerprint density at radius 1 is 1.40 bits per heavy atom. The van der Waals surface area contributed by atoms with Crippen LogP contribution in [0.25, 0.3) is 0 Å². The van der Waals surface area contributed by atoms with E-state index in [1.54, 1.807) is 13.0 Å². The third-order valence-corrected chi connectivity index (χ3v) is 5.46. The summed E-state index contributed by atoms with van der Waals surface area (Å²) in [6.45, 7) is 2.86. The molecular formula is C16H25N3O5S. The first-order chi connectivity index (χ1) is 11.7. The Hall–Kier alpha value is -1.84. The highest BCUT2D eigenvalue weighted by atomic mass is 32.2. The van der Waals surface area contributed by atoms with Gasteiger partial charge in [-0.1, -0.05) is 0 Å². The van der Waals surface area contributed by atoms with Gasteiger partial charge in [0, 0.05) is 27.2 Å². The Morgan fingerprint density at radius 2 is 2.12 bits per heavy atom. The first kappa shape index (κ1) is 19.5. The topological polar surface area (TPSA) is 97.0 Å². The Bertz CT molecular complexity index is 728. The molecule has 25 heavy (non-hydrogen) atoms. The highest BCUT2D eigenvalue weighted by Crippen LogP contribution is 2.27. The van der Waals surface area contributed by atoms with Crippen molar-refractivity contribution in [1.29, 1.82) is 0 Å². The molecule has 1 aliphatic rings. The minimum Gasteiger partial charge on any atom is -0.496 e. The molecule has 1 unspecified atom stereocenters. The lowest BCUT2D eigenvalue weighted by Gasteiger charge is -2.18. The van der Waals surface area contributed by atoms with Crippen LogP contribution in [0.5, 0.6) is 5.75 Å². The number of aryl methyl sites for hydroxylation is 1. The van der Waals surface area contributed by atoms with Crippen molar-refractivity contribution < 1.29 is 22.7 Å². The molecule has 0 radical (unpaired) electrons. The van der Waals surface area contributed by atoms with Gasteiger partial charge in [-0.25, -0.2) is 0 Å². The molecule has 140 valence electrons. The number of carbonyl (C=O) groups excluding carboxylic acids is 1. The molecule has 9 heteroatoms. The van der Waals surface area contributed by atoms with Gasteiger partial charge in [0.1, 0.15) is 5.75 Å². The first-order valence-corrected chi connectivity index (χ1v) is 9.47. The molecule has 1 aromatic carbocycles. The SMILES string of the molecule is COc1cc(C)c(NS(=O)(=O)N(C)C)cc1C(=O)NCC1CCCO1. The van der Waals surface area contributed by atoms with Crippen LogP contribution >= 0.6 is 0 Å². The quantitative estimate of drug-likeness (QED) is 0.749. The summed E-state index contributed by atoms with van der Waals surface area (Å²) in [5, 5.41) is 2.82. The highest BCUT2D eigenvalue weighted by molar-refractivity contribution is 7.90. The highest BCUT2D eigenvalue weighted by Gasteiger charge is 2.21. The summed E-state index contributed by atoms with van der Waals surface area (Å²) in [6.07, 6.45) is 1.93. The van der Waals surface area contributed by atoms with Crippen molar-refractivity contribution in [1.82, 2.24) is 9.62 Å². The van der Waals surface area contributed by atoms with Gasteiger partial charge in [-0.3, -0.25) is 9.52 Å². The summed E-state index contributed by atoms with van der Waals surface area (Å²) >= 11 is 0. The van der Waals surface area contributed by atoms with Crippen molar-refractivity contribution in [2.75, 3.05) is 39.1 Å². The second-order valence-corrected chi connectivity index (χ2v) is 7.99. The normalized spacial score (nSPS) is 17.6. The maximum absolute atomic E-state index is 12.5. The number of ether oxygens (including phenoxy) is 2. The van der Waals surface area contributed by atoms with Gasteiger partial charge in [0.15, 0.2) is 0 Å². The maximum atomic E-state index is 12.5. The largest absolute Gasteiger partial charge is 0.496 e. The molecule has 0 saturated carbocycles. The summed E-state index contributed by atoms with van der Waals surface area (Å²) in [6, 6.07) is 3.12. The lowest BCUT2D eigenvalue weighted by Crippen LogP contribution is -2.32. The number of rotatable bonds is 7. The summed E-state index contributed by atoms with van der Waals surface area (Å²) in [4.78, 5) is 12.5. The minimum absolute atomic E-state index is 0.0205. The molecule has 1 saturated heterocycles. The van der Waals surface area contributed by atoms with E-state index in [9.17, 15) is 13.2 Å². The van der Waals surface area contributed by atoms with E-state index in [1.165, 1.54) is 27.3 Å². The van der Waals surface area contributed by atoms with Crippen molar-refractivity contribution in [3.8, 4) is 5.75 Å². The summed E-state index contributed by atoms with van der Waals surface area (Å²) in [5.74, 6) is 0.0489. The molecule has 1 aromatic rings. The van der Waals surface area contributed by atoms with Crippen molar-refractivity contribution in [3.05, 3.63) is 23.3 Å². The monoisotopic (exact) mass is 371 g/mol. The van der Waals surface area contributed by atoms with Crippen LogP contribution in [0, 0.1) is 6.92 Å². The molecule has 1 heterocycles. The van der Waals surface area contributed by atoms with Crippen LogP contribution in [0.2, 0.25) is 0 Å². The third kappa shape index (κ3) is 4.83. The van der Waals surface area contributed by atoms with Crippen LogP contribution in [-0.2, 0) is 14.9 Å².